The third-order valence-electron chi connectivity index (χ3n) is 3.64. The second kappa shape index (κ2) is 6.13. The fourth-order valence-electron chi connectivity index (χ4n) is 2.48. The number of para-hydroxylation sites is 1. The molecule has 6 heteroatoms. The Morgan fingerprint density at radius 1 is 1.14 bits per heavy atom. The molecule has 1 aliphatic rings. The Hall–Kier alpha value is -2.44. The van der Waals surface area contributed by atoms with E-state index >= 15 is 0 Å². The molecule has 0 radical (unpaired) electrons. The number of halogens is 1. The Labute approximate surface area is 127 Å². The molecule has 3 rings (SSSR count). The van der Waals surface area contributed by atoms with Gasteiger partial charge in [-0.05, 0) is 36.8 Å². The SMILES string of the molecule is O=C(Nc1ccc(F)cc1)C1CC(c2ccccc2O)NN1. The number of amides is 1. The lowest BCUT2D eigenvalue weighted by atomic mass is 10.0. The van der Waals surface area contributed by atoms with Gasteiger partial charge in [0.15, 0.2) is 0 Å². The highest BCUT2D eigenvalue weighted by atomic mass is 19.1. The molecule has 2 atom stereocenters. The smallest absolute Gasteiger partial charge is 0.242 e. The van der Waals surface area contributed by atoms with Crippen molar-refractivity contribution in [2.75, 3.05) is 5.32 Å². The number of phenols is 1. The van der Waals surface area contributed by atoms with E-state index in [0.717, 1.165) is 5.56 Å². The standard InChI is InChI=1S/C16H16FN3O2/c17-10-5-7-11(8-6-10)18-16(22)14-9-13(19-20-14)12-3-1-2-4-15(12)21/h1-8,13-14,19-21H,9H2,(H,18,22). The number of hydrogen-bond donors (Lipinski definition) is 4. The normalized spacial score (nSPS) is 20.8. The molecule has 0 bridgehead atoms. The van der Waals surface area contributed by atoms with E-state index in [2.05, 4.69) is 16.2 Å². The average Bonchev–Trinajstić information content (AvgIpc) is 3.00. The summed E-state index contributed by atoms with van der Waals surface area (Å²) in [4.78, 5) is 12.2. The Morgan fingerprint density at radius 3 is 2.59 bits per heavy atom. The summed E-state index contributed by atoms with van der Waals surface area (Å²) in [5, 5.41) is 12.6. The van der Waals surface area contributed by atoms with Gasteiger partial charge in [0.1, 0.15) is 17.6 Å². The van der Waals surface area contributed by atoms with Gasteiger partial charge in [-0.2, -0.15) is 0 Å². The second-order valence-corrected chi connectivity index (χ2v) is 5.18. The number of hydrazine groups is 1. The van der Waals surface area contributed by atoms with Crippen LogP contribution in [0.2, 0.25) is 0 Å². The molecule has 1 fully saturated rings. The van der Waals surface area contributed by atoms with Crippen LogP contribution >= 0.6 is 0 Å². The van der Waals surface area contributed by atoms with Crippen molar-refractivity contribution >= 4 is 11.6 Å². The first-order chi connectivity index (χ1) is 10.6. The zero-order valence-electron chi connectivity index (χ0n) is 11.7. The van der Waals surface area contributed by atoms with E-state index < -0.39 is 6.04 Å². The number of benzene rings is 2. The number of carbonyl (C=O) groups excluding carboxylic acids is 1. The van der Waals surface area contributed by atoms with Gasteiger partial charge in [-0.25, -0.2) is 15.2 Å². The molecule has 114 valence electrons. The van der Waals surface area contributed by atoms with E-state index in [-0.39, 0.29) is 23.5 Å². The first kappa shape index (κ1) is 14.5. The van der Waals surface area contributed by atoms with E-state index in [9.17, 15) is 14.3 Å². The molecule has 1 heterocycles. The van der Waals surface area contributed by atoms with Crippen molar-refractivity contribution < 1.29 is 14.3 Å². The molecule has 2 aromatic carbocycles. The third kappa shape index (κ3) is 3.08. The number of aromatic hydroxyl groups is 1. The molecule has 0 spiro atoms. The van der Waals surface area contributed by atoms with Crippen molar-refractivity contribution in [2.45, 2.75) is 18.5 Å². The Kier molecular flexibility index (Phi) is 4.04. The van der Waals surface area contributed by atoms with Crippen LogP contribution in [-0.2, 0) is 4.79 Å². The molecule has 5 nitrogen and oxygen atoms in total. The van der Waals surface area contributed by atoms with E-state index in [0.29, 0.717) is 12.1 Å². The van der Waals surface area contributed by atoms with Crippen molar-refractivity contribution in [1.82, 2.24) is 10.9 Å². The summed E-state index contributed by atoms with van der Waals surface area (Å²) in [5.41, 5.74) is 7.21. The zero-order chi connectivity index (χ0) is 15.5. The molecule has 0 aromatic heterocycles. The van der Waals surface area contributed by atoms with Gasteiger partial charge in [-0.15, -0.1) is 0 Å². The van der Waals surface area contributed by atoms with Crippen LogP contribution in [0.1, 0.15) is 18.0 Å². The van der Waals surface area contributed by atoms with E-state index in [1.165, 1.54) is 24.3 Å². The van der Waals surface area contributed by atoms with Crippen molar-refractivity contribution in [3.05, 3.63) is 59.9 Å². The van der Waals surface area contributed by atoms with Gasteiger partial charge in [0.2, 0.25) is 5.91 Å². The summed E-state index contributed by atoms with van der Waals surface area (Å²) in [5.74, 6) is -0.364. The highest BCUT2D eigenvalue weighted by Gasteiger charge is 2.31. The van der Waals surface area contributed by atoms with Gasteiger partial charge < -0.3 is 10.4 Å². The van der Waals surface area contributed by atoms with Crippen molar-refractivity contribution in [2.24, 2.45) is 0 Å². The lowest BCUT2D eigenvalue weighted by Gasteiger charge is -2.11. The lowest BCUT2D eigenvalue weighted by Crippen LogP contribution is -2.39. The summed E-state index contributed by atoms with van der Waals surface area (Å²) in [6.45, 7) is 0. The van der Waals surface area contributed by atoms with Gasteiger partial charge in [0.05, 0.1) is 6.04 Å². The fourth-order valence-corrected chi connectivity index (χ4v) is 2.48. The summed E-state index contributed by atoms with van der Waals surface area (Å²) >= 11 is 0. The number of anilines is 1. The number of phenolic OH excluding ortho intramolecular Hbond substituents is 1. The molecule has 0 aliphatic carbocycles. The van der Waals surface area contributed by atoms with Gasteiger partial charge in [-0.1, -0.05) is 18.2 Å². The first-order valence-electron chi connectivity index (χ1n) is 6.99. The summed E-state index contributed by atoms with van der Waals surface area (Å²) < 4.78 is 12.8. The predicted molar refractivity (Wildman–Crippen MR) is 80.6 cm³/mol. The monoisotopic (exact) mass is 301 g/mol. The molecule has 0 saturated carbocycles. The third-order valence-corrected chi connectivity index (χ3v) is 3.64. The molecule has 22 heavy (non-hydrogen) atoms. The highest BCUT2D eigenvalue weighted by molar-refractivity contribution is 5.95. The molecule has 4 N–H and O–H groups in total. The number of nitrogens with one attached hydrogen (secondary N) is 3. The first-order valence-corrected chi connectivity index (χ1v) is 6.99. The van der Waals surface area contributed by atoms with E-state index in [1.807, 2.05) is 12.1 Å². The van der Waals surface area contributed by atoms with Gasteiger partial charge in [0, 0.05) is 11.3 Å². The predicted octanol–water partition coefficient (Wildman–Crippen LogP) is 2.08. The number of rotatable bonds is 3. The maximum atomic E-state index is 12.8. The Morgan fingerprint density at radius 2 is 1.86 bits per heavy atom. The number of carbonyl (C=O) groups is 1. The quantitative estimate of drug-likeness (QED) is 0.700. The molecule has 1 saturated heterocycles. The van der Waals surface area contributed by atoms with Crippen LogP contribution in [0.15, 0.2) is 48.5 Å². The van der Waals surface area contributed by atoms with Crippen molar-refractivity contribution in [3.8, 4) is 5.75 Å². The maximum absolute atomic E-state index is 12.8. The Balaban J connectivity index is 1.64. The molecular formula is C16H16FN3O2. The van der Waals surface area contributed by atoms with Crippen LogP contribution < -0.4 is 16.2 Å². The minimum Gasteiger partial charge on any atom is -0.508 e. The minimum atomic E-state index is -0.436. The lowest BCUT2D eigenvalue weighted by molar-refractivity contribution is -0.117. The average molecular weight is 301 g/mol. The summed E-state index contributed by atoms with van der Waals surface area (Å²) in [7, 11) is 0. The largest absolute Gasteiger partial charge is 0.508 e. The highest BCUT2D eigenvalue weighted by Crippen LogP contribution is 2.29. The fraction of sp³-hybridized carbons (Fsp3) is 0.188. The van der Waals surface area contributed by atoms with Crippen LogP contribution in [0.3, 0.4) is 0 Å². The topological polar surface area (TPSA) is 73.4 Å². The van der Waals surface area contributed by atoms with E-state index in [4.69, 9.17) is 0 Å². The van der Waals surface area contributed by atoms with Crippen molar-refractivity contribution in [3.63, 3.8) is 0 Å². The Bertz CT molecular complexity index is 675. The molecule has 2 unspecified atom stereocenters. The van der Waals surface area contributed by atoms with Gasteiger partial charge in [0.25, 0.3) is 0 Å². The van der Waals surface area contributed by atoms with Crippen LogP contribution in [0.25, 0.3) is 0 Å². The molecular weight excluding hydrogens is 285 g/mol. The molecule has 2 aromatic rings. The zero-order valence-corrected chi connectivity index (χ0v) is 11.7. The van der Waals surface area contributed by atoms with Crippen LogP contribution in [0.5, 0.6) is 5.75 Å². The van der Waals surface area contributed by atoms with Gasteiger partial charge in [-0.3, -0.25) is 4.79 Å². The summed E-state index contributed by atoms with van der Waals surface area (Å²) in [6, 6.07) is 12.0. The van der Waals surface area contributed by atoms with Crippen molar-refractivity contribution in [1.29, 1.82) is 0 Å². The van der Waals surface area contributed by atoms with Crippen LogP contribution in [0.4, 0.5) is 10.1 Å². The minimum absolute atomic E-state index is 0.148. The number of hydrogen-bond acceptors (Lipinski definition) is 4. The van der Waals surface area contributed by atoms with Gasteiger partial charge >= 0.3 is 0 Å². The van der Waals surface area contributed by atoms with Crippen LogP contribution in [-0.4, -0.2) is 17.1 Å². The van der Waals surface area contributed by atoms with Crippen LogP contribution in [0, 0.1) is 5.82 Å². The molecule has 1 amide bonds. The summed E-state index contributed by atoms with van der Waals surface area (Å²) in [6.07, 6.45) is 0.505. The maximum Gasteiger partial charge on any atom is 0.242 e. The molecule has 1 aliphatic heterocycles. The second-order valence-electron chi connectivity index (χ2n) is 5.18. The van der Waals surface area contributed by atoms with E-state index in [1.54, 1.807) is 12.1 Å².